The topological polar surface area (TPSA) is 75.6 Å². The van der Waals surface area contributed by atoms with E-state index >= 15 is 0 Å². The van der Waals surface area contributed by atoms with Gasteiger partial charge in [-0.3, -0.25) is 4.79 Å². The van der Waals surface area contributed by atoms with E-state index in [-0.39, 0.29) is 17.6 Å². The summed E-state index contributed by atoms with van der Waals surface area (Å²) < 4.78 is 5.08. The maximum atomic E-state index is 11.6. The number of amides is 1. The van der Waals surface area contributed by atoms with Crippen molar-refractivity contribution in [1.82, 2.24) is 5.32 Å². The molecule has 0 aliphatic carbocycles. The molecular formula is C15H21NO4. The fraction of sp³-hybridized carbons (Fsp3) is 0.467. The Hall–Kier alpha value is -1.88. The monoisotopic (exact) mass is 279 g/mol. The van der Waals surface area contributed by atoms with Crippen molar-refractivity contribution < 1.29 is 19.4 Å². The number of aromatic carboxylic acids is 1. The van der Waals surface area contributed by atoms with Gasteiger partial charge in [-0.25, -0.2) is 4.79 Å². The largest absolute Gasteiger partial charge is 0.478 e. The molecule has 5 nitrogen and oxygen atoms in total. The van der Waals surface area contributed by atoms with E-state index in [2.05, 4.69) is 5.32 Å². The Balaban J connectivity index is 2.26. The molecule has 0 bridgehead atoms. The van der Waals surface area contributed by atoms with E-state index in [1.807, 2.05) is 6.92 Å². The smallest absolute Gasteiger partial charge is 0.335 e. The molecule has 1 amide bonds. The number of hydrogen-bond acceptors (Lipinski definition) is 3. The summed E-state index contributed by atoms with van der Waals surface area (Å²) in [6.45, 7) is 2.48. The minimum Gasteiger partial charge on any atom is -0.478 e. The van der Waals surface area contributed by atoms with Crippen molar-refractivity contribution >= 4 is 11.9 Å². The van der Waals surface area contributed by atoms with E-state index in [0.29, 0.717) is 25.8 Å². The minimum atomic E-state index is -0.933. The van der Waals surface area contributed by atoms with Crippen molar-refractivity contribution in [2.45, 2.75) is 32.3 Å². The summed E-state index contributed by atoms with van der Waals surface area (Å²) in [4.78, 5) is 22.3. The number of carbonyl (C=O) groups is 2. The number of benzene rings is 1. The second kappa shape index (κ2) is 8.32. The fourth-order valence-electron chi connectivity index (χ4n) is 1.70. The molecule has 0 saturated carbocycles. The van der Waals surface area contributed by atoms with Crippen LogP contribution in [-0.2, 0) is 16.0 Å². The van der Waals surface area contributed by atoms with Crippen LogP contribution in [0.3, 0.4) is 0 Å². The SMILES string of the molecule is COC(C)CCC(=O)NCCc1ccc(C(=O)O)cc1. The number of hydrogen-bond donors (Lipinski definition) is 2. The summed E-state index contributed by atoms with van der Waals surface area (Å²) in [5, 5.41) is 11.6. The number of carboxylic acid groups (broad SMARTS) is 1. The molecule has 0 aliphatic rings. The fourth-order valence-corrected chi connectivity index (χ4v) is 1.70. The number of carboxylic acids is 1. The first-order valence-corrected chi connectivity index (χ1v) is 6.64. The molecule has 1 aromatic carbocycles. The van der Waals surface area contributed by atoms with Gasteiger partial charge < -0.3 is 15.2 Å². The Labute approximate surface area is 118 Å². The van der Waals surface area contributed by atoms with Gasteiger partial charge in [0.05, 0.1) is 11.7 Å². The van der Waals surface area contributed by atoms with Gasteiger partial charge in [0.25, 0.3) is 0 Å². The summed E-state index contributed by atoms with van der Waals surface area (Å²) in [5.41, 5.74) is 1.27. The molecule has 0 heterocycles. The Morgan fingerprint density at radius 2 is 1.95 bits per heavy atom. The molecule has 5 heteroatoms. The Kier molecular flexibility index (Phi) is 6.73. The molecule has 0 spiro atoms. The molecule has 0 saturated heterocycles. The average Bonchev–Trinajstić information content (AvgIpc) is 2.45. The Morgan fingerprint density at radius 3 is 2.50 bits per heavy atom. The quantitative estimate of drug-likeness (QED) is 0.761. The molecule has 2 N–H and O–H groups in total. The van der Waals surface area contributed by atoms with E-state index < -0.39 is 5.97 Å². The van der Waals surface area contributed by atoms with Gasteiger partial charge in [0.1, 0.15) is 0 Å². The van der Waals surface area contributed by atoms with Crippen molar-refractivity contribution in [2.75, 3.05) is 13.7 Å². The van der Waals surface area contributed by atoms with Crippen molar-refractivity contribution in [3.63, 3.8) is 0 Å². The van der Waals surface area contributed by atoms with Crippen LogP contribution in [0.4, 0.5) is 0 Å². The van der Waals surface area contributed by atoms with E-state index in [0.717, 1.165) is 5.56 Å². The highest BCUT2D eigenvalue weighted by Gasteiger charge is 2.06. The van der Waals surface area contributed by atoms with Crippen molar-refractivity contribution in [1.29, 1.82) is 0 Å². The maximum Gasteiger partial charge on any atom is 0.335 e. The maximum absolute atomic E-state index is 11.6. The third kappa shape index (κ3) is 5.84. The molecule has 1 aromatic rings. The summed E-state index contributed by atoms with van der Waals surface area (Å²) in [6, 6.07) is 6.67. The lowest BCUT2D eigenvalue weighted by molar-refractivity contribution is -0.121. The van der Waals surface area contributed by atoms with Gasteiger partial charge in [0.2, 0.25) is 5.91 Å². The lowest BCUT2D eigenvalue weighted by Gasteiger charge is -2.09. The van der Waals surface area contributed by atoms with Gasteiger partial charge in [-0.2, -0.15) is 0 Å². The second-order valence-electron chi connectivity index (χ2n) is 4.69. The van der Waals surface area contributed by atoms with Gasteiger partial charge in [0.15, 0.2) is 0 Å². The van der Waals surface area contributed by atoms with E-state index in [1.54, 1.807) is 31.4 Å². The highest BCUT2D eigenvalue weighted by molar-refractivity contribution is 5.87. The summed E-state index contributed by atoms with van der Waals surface area (Å²) in [6.07, 6.45) is 1.93. The predicted octanol–water partition coefficient (Wildman–Crippen LogP) is 1.86. The first-order valence-electron chi connectivity index (χ1n) is 6.64. The summed E-state index contributed by atoms with van der Waals surface area (Å²) >= 11 is 0. The van der Waals surface area contributed by atoms with Crippen LogP contribution >= 0.6 is 0 Å². The molecule has 1 rings (SSSR count). The van der Waals surface area contributed by atoms with Crippen LogP contribution in [-0.4, -0.2) is 36.7 Å². The first kappa shape index (κ1) is 16.2. The average molecular weight is 279 g/mol. The number of nitrogens with one attached hydrogen (secondary N) is 1. The summed E-state index contributed by atoms with van der Waals surface area (Å²) in [7, 11) is 1.63. The number of methoxy groups -OCH3 is 1. The third-order valence-corrected chi connectivity index (χ3v) is 3.12. The van der Waals surface area contributed by atoms with Gasteiger partial charge >= 0.3 is 5.97 Å². The third-order valence-electron chi connectivity index (χ3n) is 3.12. The Bertz CT molecular complexity index is 442. The van der Waals surface area contributed by atoms with Crippen molar-refractivity contribution in [3.8, 4) is 0 Å². The van der Waals surface area contributed by atoms with E-state index in [1.165, 1.54) is 0 Å². The highest BCUT2D eigenvalue weighted by atomic mass is 16.5. The first-order chi connectivity index (χ1) is 9.52. The van der Waals surface area contributed by atoms with Crippen LogP contribution < -0.4 is 5.32 Å². The molecule has 0 aliphatic heterocycles. The van der Waals surface area contributed by atoms with Gasteiger partial charge in [0, 0.05) is 20.1 Å². The minimum absolute atomic E-state index is 0.0102. The predicted molar refractivity (Wildman–Crippen MR) is 75.8 cm³/mol. The normalized spacial score (nSPS) is 11.9. The second-order valence-corrected chi connectivity index (χ2v) is 4.69. The molecule has 0 aromatic heterocycles. The molecule has 110 valence electrons. The van der Waals surface area contributed by atoms with Crippen LogP contribution in [0.1, 0.15) is 35.7 Å². The van der Waals surface area contributed by atoms with Crippen molar-refractivity contribution in [3.05, 3.63) is 35.4 Å². The van der Waals surface area contributed by atoms with Crippen LogP contribution in [0.2, 0.25) is 0 Å². The number of carbonyl (C=O) groups excluding carboxylic acids is 1. The van der Waals surface area contributed by atoms with Crippen molar-refractivity contribution in [2.24, 2.45) is 0 Å². The summed E-state index contributed by atoms with van der Waals surface area (Å²) in [5.74, 6) is -0.923. The zero-order valence-electron chi connectivity index (χ0n) is 11.9. The molecule has 0 radical (unpaired) electrons. The van der Waals surface area contributed by atoms with E-state index in [4.69, 9.17) is 9.84 Å². The lowest BCUT2D eigenvalue weighted by Crippen LogP contribution is -2.26. The van der Waals surface area contributed by atoms with Gasteiger partial charge in [-0.15, -0.1) is 0 Å². The number of rotatable bonds is 8. The van der Waals surface area contributed by atoms with Crippen LogP contribution in [0.5, 0.6) is 0 Å². The van der Waals surface area contributed by atoms with Crippen LogP contribution in [0.25, 0.3) is 0 Å². The highest BCUT2D eigenvalue weighted by Crippen LogP contribution is 2.05. The van der Waals surface area contributed by atoms with Crippen LogP contribution in [0.15, 0.2) is 24.3 Å². The van der Waals surface area contributed by atoms with Gasteiger partial charge in [-0.1, -0.05) is 12.1 Å². The molecule has 1 atom stereocenters. The number of ether oxygens (including phenoxy) is 1. The molecule has 20 heavy (non-hydrogen) atoms. The molecular weight excluding hydrogens is 258 g/mol. The Morgan fingerprint density at radius 1 is 1.30 bits per heavy atom. The van der Waals surface area contributed by atoms with E-state index in [9.17, 15) is 9.59 Å². The lowest BCUT2D eigenvalue weighted by atomic mass is 10.1. The zero-order chi connectivity index (χ0) is 15.0. The van der Waals surface area contributed by atoms with Gasteiger partial charge in [-0.05, 0) is 37.5 Å². The van der Waals surface area contributed by atoms with Crippen LogP contribution in [0, 0.1) is 0 Å². The molecule has 1 unspecified atom stereocenters. The zero-order valence-corrected chi connectivity index (χ0v) is 11.9. The standard InChI is InChI=1S/C15H21NO4/c1-11(20-2)3-8-14(17)16-10-9-12-4-6-13(7-5-12)15(18)19/h4-7,11H,3,8-10H2,1-2H3,(H,16,17)(H,18,19). The molecule has 0 fully saturated rings.